The van der Waals surface area contributed by atoms with E-state index in [1.165, 1.54) is 0 Å². The average Bonchev–Trinajstić information content (AvgIpc) is 1.98. The van der Waals surface area contributed by atoms with E-state index in [1.807, 2.05) is 0 Å². The van der Waals surface area contributed by atoms with E-state index >= 15 is 0 Å². The van der Waals surface area contributed by atoms with Crippen LogP contribution >= 0.6 is 0 Å². The van der Waals surface area contributed by atoms with Gasteiger partial charge in [-0.05, 0) is 17.3 Å². The molecule has 1 aliphatic carbocycles. The summed E-state index contributed by atoms with van der Waals surface area (Å²) in [5, 5.41) is 0. The first kappa shape index (κ1) is 10.4. The van der Waals surface area contributed by atoms with Crippen LogP contribution in [-0.4, -0.2) is 12.1 Å². The molecule has 0 spiro atoms. The van der Waals surface area contributed by atoms with Crippen LogP contribution in [0.1, 0.15) is 46.5 Å². The predicted octanol–water partition coefficient (Wildman–Crippen LogP) is 2.36. The van der Waals surface area contributed by atoms with E-state index < -0.39 is 0 Å². The Morgan fingerprint density at radius 2 is 2.00 bits per heavy atom. The minimum Gasteiger partial charge on any atom is -0.303 e. The van der Waals surface area contributed by atoms with E-state index in [0.717, 1.165) is 12.7 Å². The maximum absolute atomic E-state index is 11.3. The van der Waals surface area contributed by atoms with Crippen LogP contribution in [0.2, 0.25) is 0 Å². The van der Waals surface area contributed by atoms with Gasteiger partial charge in [-0.2, -0.15) is 0 Å². The molecular formula is C11H18O2. The van der Waals surface area contributed by atoms with Gasteiger partial charge in [0, 0.05) is 19.3 Å². The molecule has 0 aliphatic heterocycles. The summed E-state index contributed by atoms with van der Waals surface area (Å²) in [5.74, 6) is 0.341. The smallest absolute Gasteiger partial charge is 0.133 e. The second-order valence-corrected chi connectivity index (χ2v) is 5.03. The molecule has 0 amide bonds. The zero-order valence-corrected chi connectivity index (χ0v) is 8.72. The van der Waals surface area contributed by atoms with Crippen molar-refractivity contribution in [2.24, 2.45) is 10.8 Å². The van der Waals surface area contributed by atoms with Gasteiger partial charge in [-0.15, -0.1) is 0 Å². The van der Waals surface area contributed by atoms with Crippen molar-refractivity contribution in [2.45, 2.75) is 46.5 Å². The fourth-order valence-corrected chi connectivity index (χ4v) is 2.11. The summed E-state index contributed by atoms with van der Waals surface area (Å²) in [7, 11) is 0. The predicted molar refractivity (Wildman–Crippen MR) is 51.4 cm³/mol. The Hall–Kier alpha value is -0.660. The van der Waals surface area contributed by atoms with Crippen LogP contribution in [0.25, 0.3) is 0 Å². The lowest BCUT2D eigenvalue weighted by Gasteiger charge is -2.46. The molecule has 0 aromatic rings. The summed E-state index contributed by atoms with van der Waals surface area (Å²) in [6, 6.07) is 0. The van der Waals surface area contributed by atoms with Crippen molar-refractivity contribution in [2.75, 3.05) is 0 Å². The summed E-state index contributed by atoms with van der Waals surface area (Å²) in [5.41, 5.74) is -0.00803. The molecule has 1 atom stereocenters. The lowest BCUT2D eigenvalue weighted by molar-refractivity contribution is -0.130. The van der Waals surface area contributed by atoms with Gasteiger partial charge in [-0.3, -0.25) is 4.79 Å². The molecular weight excluding hydrogens is 164 g/mol. The van der Waals surface area contributed by atoms with Gasteiger partial charge in [-0.1, -0.05) is 20.8 Å². The maximum atomic E-state index is 11.3. The van der Waals surface area contributed by atoms with Gasteiger partial charge in [-0.25, -0.2) is 0 Å². The molecule has 0 aromatic carbocycles. The van der Waals surface area contributed by atoms with E-state index in [4.69, 9.17) is 0 Å². The maximum Gasteiger partial charge on any atom is 0.133 e. The number of carbonyl (C=O) groups excluding carboxylic acids is 2. The first-order chi connectivity index (χ1) is 5.91. The highest BCUT2D eigenvalue weighted by molar-refractivity contribution is 5.80. The third-order valence-electron chi connectivity index (χ3n) is 3.76. The molecule has 13 heavy (non-hydrogen) atoms. The average molecular weight is 182 g/mol. The standard InChI is InChI=1S/C11H18O2/c1-10(2)8-9(13)4-5-11(10,3)6-7-12/h7H,4-6,8H2,1-3H3. The number of Topliss-reactive ketones (excluding diaryl/α,β-unsaturated/α-hetero) is 1. The molecule has 0 bridgehead atoms. The molecule has 1 unspecified atom stereocenters. The molecule has 1 saturated carbocycles. The van der Waals surface area contributed by atoms with Crippen LogP contribution in [-0.2, 0) is 9.59 Å². The topological polar surface area (TPSA) is 34.1 Å². The molecule has 0 saturated heterocycles. The summed E-state index contributed by atoms with van der Waals surface area (Å²) >= 11 is 0. The fourth-order valence-electron chi connectivity index (χ4n) is 2.11. The van der Waals surface area contributed by atoms with E-state index in [9.17, 15) is 9.59 Å². The van der Waals surface area contributed by atoms with Crippen LogP contribution in [0.4, 0.5) is 0 Å². The number of ketones is 1. The van der Waals surface area contributed by atoms with E-state index in [2.05, 4.69) is 20.8 Å². The van der Waals surface area contributed by atoms with Gasteiger partial charge in [0.1, 0.15) is 12.1 Å². The van der Waals surface area contributed by atoms with Gasteiger partial charge < -0.3 is 4.79 Å². The Morgan fingerprint density at radius 1 is 1.38 bits per heavy atom. The fraction of sp³-hybridized carbons (Fsp3) is 0.818. The molecule has 74 valence electrons. The Kier molecular flexibility index (Phi) is 2.60. The van der Waals surface area contributed by atoms with E-state index in [0.29, 0.717) is 25.0 Å². The molecule has 1 fully saturated rings. The molecule has 0 N–H and O–H groups in total. The summed E-state index contributed by atoms with van der Waals surface area (Å²) in [6.07, 6.45) is 3.69. The van der Waals surface area contributed by atoms with Crippen LogP contribution < -0.4 is 0 Å². The molecule has 2 heteroatoms. The SMILES string of the molecule is CC1(C)CC(=O)CCC1(C)CC=O. The van der Waals surface area contributed by atoms with Crippen LogP contribution in [0.5, 0.6) is 0 Å². The third-order valence-corrected chi connectivity index (χ3v) is 3.76. The normalized spacial score (nSPS) is 33.0. The second kappa shape index (κ2) is 3.24. The number of aldehydes is 1. The molecule has 1 rings (SSSR count). The Balaban J connectivity index is 2.85. The molecule has 0 aromatic heterocycles. The number of hydrogen-bond donors (Lipinski definition) is 0. The van der Waals surface area contributed by atoms with Gasteiger partial charge in [0.25, 0.3) is 0 Å². The molecule has 1 aliphatic rings. The van der Waals surface area contributed by atoms with Crippen molar-refractivity contribution in [3.05, 3.63) is 0 Å². The summed E-state index contributed by atoms with van der Waals surface area (Å²) in [4.78, 5) is 21.8. The second-order valence-electron chi connectivity index (χ2n) is 5.03. The van der Waals surface area contributed by atoms with Crippen LogP contribution in [0, 0.1) is 10.8 Å². The van der Waals surface area contributed by atoms with E-state index in [-0.39, 0.29) is 10.8 Å². The summed E-state index contributed by atoms with van der Waals surface area (Å²) < 4.78 is 0. The van der Waals surface area contributed by atoms with Crippen molar-refractivity contribution in [1.29, 1.82) is 0 Å². The monoisotopic (exact) mass is 182 g/mol. The highest BCUT2D eigenvalue weighted by atomic mass is 16.1. The highest BCUT2D eigenvalue weighted by Gasteiger charge is 2.44. The zero-order valence-electron chi connectivity index (χ0n) is 8.72. The zero-order chi connectivity index (χ0) is 10.1. The highest BCUT2D eigenvalue weighted by Crippen LogP contribution is 2.50. The first-order valence-corrected chi connectivity index (χ1v) is 4.87. The molecule has 0 heterocycles. The van der Waals surface area contributed by atoms with Gasteiger partial charge in [0.15, 0.2) is 0 Å². The number of hydrogen-bond acceptors (Lipinski definition) is 2. The van der Waals surface area contributed by atoms with Crippen molar-refractivity contribution in [3.8, 4) is 0 Å². The summed E-state index contributed by atoms with van der Waals surface area (Å²) in [6.45, 7) is 6.30. The first-order valence-electron chi connectivity index (χ1n) is 4.87. The number of carbonyl (C=O) groups is 2. The Labute approximate surface area is 79.7 Å². The van der Waals surface area contributed by atoms with Crippen molar-refractivity contribution in [1.82, 2.24) is 0 Å². The third kappa shape index (κ3) is 1.82. The van der Waals surface area contributed by atoms with Crippen molar-refractivity contribution >= 4 is 12.1 Å². The molecule has 2 nitrogen and oxygen atoms in total. The van der Waals surface area contributed by atoms with Gasteiger partial charge in [0.05, 0.1) is 0 Å². The van der Waals surface area contributed by atoms with Crippen LogP contribution in [0.15, 0.2) is 0 Å². The minimum atomic E-state index is -0.0246. The quantitative estimate of drug-likeness (QED) is 0.614. The van der Waals surface area contributed by atoms with Gasteiger partial charge >= 0.3 is 0 Å². The lowest BCUT2D eigenvalue weighted by atomic mass is 9.57. The Bertz CT molecular complexity index is 230. The van der Waals surface area contributed by atoms with Crippen molar-refractivity contribution < 1.29 is 9.59 Å². The van der Waals surface area contributed by atoms with Crippen molar-refractivity contribution in [3.63, 3.8) is 0 Å². The molecule has 0 radical (unpaired) electrons. The Morgan fingerprint density at radius 3 is 2.46 bits per heavy atom. The lowest BCUT2D eigenvalue weighted by Crippen LogP contribution is -2.41. The largest absolute Gasteiger partial charge is 0.303 e. The van der Waals surface area contributed by atoms with Gasteiger partial charge in [0.2, 0.25) is 0 Å². The minimum absolute atomic E-state index is 0.0165. The number of rotatable bonds is 2. The van der Waals surface area contributed by atoms with E-state index in [1.54, 1.807) is 0 Å². The van der Waals surface area contributed by atoms with Crippen LogP contribution in [0.3, 0.4) is 0 Å².